The minimum atomic E-state index is -1.79. The first kappa shape index (κ1) is 17.4. The van der Waals surface area contributed by atoms with Crippen LogP contribution in [-0.2, 0) is 10.4 Å². The second-order valence-corrected chi connectivity index (χ2v) is 6.75. The summed E-state index contributed by atoms with van der Waals surface area (Å²) in [7, 11) is 0. The first-order valence-electron chi connectivity index (χ1n) is 8.62. The fraction of sp³-hybridized carbons (Fsp3) is 0.333. The molecule has 1 heterocycles. The van der Waals surface area contributed by atoms with Crippen LogP contribution in [0.2, 0.25) is 0 Å². The molecular formula is C21H23NO3. The first-order chi connectivity index (χ1) is 11.9. The summed E-state index contributed by atoms with van der Waals surface area (Å²) in [5.74, 6) is -0.626. The van der Waals surface area contributed by atoms with E-state index in [0.717, 1.165) is 17.5 Å². The number of anilines is 1. The van der Waals surface area contributed by atoms with Gasteiger partial charge in [-0.3, -0.25) is 9.59 Å². The molecule has 0 aliphatic carbocycles. The highest BCUT2D eigenvalue weighted by atomic mass is 16.3. The molecule has 1 aliphatic heterocycles. The van der Waals surface area contributed by atoms with Crippen LogP contribution in [-0.4, -0.2) is 23.3 Å². The molecule has 1 aliphatic rings. The Morgan fingerprint density at radius 3 is 2.60 bits per heavy atom. The summed E-state index contributed by atoms with van der Waals surface area (Å²) in [6, 6.07) is 12.8. The Morgan fingerprint density at radius 2 is 1.88 bits per heavy atom. The predicted molar refractivity (Wildman–Crippen MR) is 97.8 cm³/mol. The van der Waals surface area contributed by atoms with Crippen LogP contribution in [0.15, 0.2) is 42.5 Å². The monoisotopic (exact) mass is 337 g/mol. The van der Waals surface area contributed by atoms with Crippen molar-refractivity contribution in [3.8, 4) is 0 Å². The lowest BCUT2D eigenvalue weighted by Gasteiger charge is -2.23. The lowest BCUT2D eigenvalue weighted by atomic mass is 9.87. The third-order valence-electron chi connectivity index (χ3n) is 4.80. The zero-order chi connectivity index (χ0) is 18.2. The lowest BCUT2D eigenvalue weighted by molar-refractivity contribution is -0.135. The van der Waals surface area contributed by atoms with Crippen LogP contribution < -0.4 is 4.90 Å². The number of fused-ring (bicyclic) bond motifs is 1. The zero-order valence-corrected chi connectivity index (χ0v) is 14.9. The van der Waals surface area contributed by atoms with Crippen molar-refractivity contribution in [3.05, 3.63) is 64.7 Å². The summed E-state index contributed by atoms with van der Waals surface area (Å²) in [4.78, 5) is 27.4. The average molecular weight is 337 g/mol. The smallest absolute Gasteiger partial charge is 0.264 e. The molecule has 2 aromatic rings. The molecule has 3 rings (SSSR count). The van der Waals surface area contributed by atoms with E-state index in [-0.39, 0.29) is 12.2 Å². The predicted octanol–water partition coefficient (Wildman–Crippen LogP) is 3.52. The van der Waals surface area contributed by atoms with Crippen LogP contribution in [0.25, 0.3) is 0 Å². The van der Waals surface area contributed by atoms with E-state index in [9.17, 15) is 14.7 Å². The van der Waals surface area contributed by atoms with Gasteiger partial charge in [0.05, 0.1) is 12.1 Å². The molecule has 0 spiro atoms. The number of carbonyl (C=O) groups excluding carboxylic acids is 2. The number of benzene rings is 2. The summed E-state index contributed by atoms with van der Waals surface area (Å²) in [6.45, 7) is 6.29. The summed E-state index contributed by atoms with van der Waals surface area (Å²) in [6.07, 6.45) is 0.536. The van der Waals surface area contributed by atoms with Gasteiger partial charge in [0.1, 0.15) is 0 Å². The minimum Gasteiger partial charge on any atom is -0.375 e. The SMILES string of the molecule is CCCN1C(=O)[C@](O)(CC(=O)c2cc(C)ccc2C)c2ccccc21. The van der Waals surface area contributed by atoms with Crippen molar-refractivity contribution in [1.29, 1.82) is 0 Å². The second kappa shape index (κ2) is 6.45. The summed E-state index contributed by atoms with van der Waals surface area (Å²) in [5.41, 5.74) is 1.82. The molecule has 0 aromatic heterocycles. The van der Waals surface area contributed by atoms with Crippen molar-refractivity contribution in [2.45, 2.75) is 39.2 Å². The second-order valence-electron chi connectivity index (χ2n) is 6.75. The van der Waals surface area contributed by atoms with Gasteiger partial charge in [-0.25, -0.2) is 0 Å². The number of ketones is 1. The number of aryl methyl sites for hydroxylation is 2. The number of rotatable bonds is 5. The quantitative estimate of drug-likeness (QED) is 0.849. The van der Waals surface area contributed by atoms with E-state index >= 15 is 0 Å². The fourth-order valence-corrected chi connectivity index (χ4v) is 3.49. The van der Waals surface area contributed by atoms with Gasteiger partial charge in [0.2, 0.25) is 0 Å². The van der Waals surface area contributed by atoms with Crippen LogP contribution >= 0.6 is 0 Å². The summed E-state index contributed by atoms with van der Waals surface area (Å²) in [5, 5.41) is 11.2. The number of Topliss-reactive ketones (excluding diaryl/α,β-unsaturated/α-hetero) is 1. The molecule has 0 bridgehead atoms. The number of para-hydroxylation sites is 1. The van der Waals surface area contributed by atoms with Crippen LogP contribution in [0.1, 0.15) is 46.8 Å². The molecule has 1 atom stereocenters. The van der Waals surface area contributed by atoms with Gasteiger partial charge in [0.15, 0.2) is 11.4 Å². The van der Waals surface area contributed by atoms with E-state index in [4.69, 9.17) is 0 Å². The Kier molecular flexibility index (Phi) is 4.48. The van der Waals surface area contributed by atoms with Crippen LogP contribution in [0.3, 0.4) is 0 Å². The molecule has 0 saturated heterocycles. The lowest BCUT2D eigenvalue weighted by Crippen LogP contribution is -2.42. The van der Waals surface area contributed by atoms with Crippen molar-refractivity contribution in [3.63, 3.8) is 0 Å². The number of aliphatic hydroxyl groups is 1. The summed E-state index contributed by atoms with van der Waals surface area (Å²) < 4.78 is 0. The molecule has 1 amide bonds. The van der Waals surface area contributed by atoms with Crippen LogP contribution in [0, 0.1) is 13.8 Å². The molecule has 2 aromatic carbocycles. The molecule has 0 saturated carbocycles. The maximum absolute atomic E-state index is 12.9. The Labute approximate surface area is 148 Å². The van der Waals surface area contributed by atoms with Gasteiger partial charge in [0, 0.05) is 17.7 Å². The van der Waals surface area contributed by atoms with Crippen LogP contribution in [0.4, 0.5) is 5.69 Å². The Morgan fingerprint density at radius 1 is 1.16 bits per heavy atom. The largest absolute Gasteiger partial charge is 0.375 e. The highest BCUT2D eigenvalue weighted by Crippen LogP contribution is 2.43. The van der Waals surface area contributed by atoms with Gasteiger partial charge in [-0.15, -0.1) is 0 Å². The van der Waals surface area contributed by atoms with Crippen molar-refractivity contribution in [2.75, 3.05) is 11.4 Å². The molecule has 4 nitrogen and oxygen atoms in total. The normalized spacial score (nSPS) is 19.2. The molecule has 0 unspecified atom stereocenters. The number of hydrogen-bond donors (Lipinski definition) is 1. The Balaban J connectivity index is 2.00. The van der Waals surface area contributed by atoms with Crippen LogP contribution in [0.5, 0.6) is 0 Å². The Hall–Kier alpha value is -2.46. The molecule has 4 heteroatoms. The van der Waals surface area contributed by atoms with E-state index in [0.29, 0.717) is 23.4 Å². The van der Waals surface area contributed by atoms with E-state index in [1.54, 1.807) is 17.0 Å². The van der Waals surface area contributed by atoms with Gasteiger partial charge in [-0.1, -0.05) is 42.8 Å². The third kappa shape index (κ3) is 2.87. The molecule has 1 N–H and O–H groups in total. The van der Waals surface area contributed by atoms with E-state index in [2.05, 4.69) is 0 Å². The molecule has 0 fully saturated rings. The number of carbonyl (C=O) groups is 2. The molecule has 0 radical (unpaired) electrons. The van der Waals surface area contributed by atoms with Gasteiger partial charge in [-0.2, -0.15) is 0 Å². The van der Waals surface area contributed by atoms with E-state index in [1.165, 1.54) is 0 Å². The topological polar surface area (TPSA) is 57.6 Å². The van der Waals surface area contributed by atoms with Crippen molar-refractivity contribution in [1.82, 2.24) is 0 Å². The fourth-order valence-electron chi connectivity index (χ4n) is 3.49. The van der Waals surface area contributed by atoms with Crippen molar-refractivity contribution in [2.24, 2.45) is 0 Å². The standard InChI is InChI=1S/C21H23NO3/c1-4-11-22-18-8-6-5-7-17(18)21(25,20(22)24)13-19(23)16-12-14(2)9-10-15(16)3/h5-10,12,25H,4,11,13H2,1-3H3/t21-/m0/s1. The van der Waals surface area contributed by atoms with Gasteiger partial charge >= 0.3 is 0 Å². The van der Waals surface area contributed by atoms with Crippen molar-refractivity contribution >= 4 is 17.4 Å². The average Bonchev–Trinajstić information content (AvgIpc) is 2.80. The number of hydrogen-bond acceptors (Lipinski definition) is 3. The highest BCUT2D eigenvalue weighted by molar-refractivity contribution is 6.11. The zero-order valence-electron chi connectivity index (χ0n) is 14.9. The minimum absolute atomic E-state index is 0.217. The van der Waals surface area contributed by atoms with E-state index in [1.807, 2.05) is 51.1 Å². The van der Waals surface area contributed by atoms with Gasteiger partial charge in [0.25, 0.3) is 5.91 Å². The molecular weight excluding hydrogens is 314 g/mol. The number of amides is 1. The molecule has 130 valence electrons. The third-order valence-corrected chi connectivity index (χ3v) is 4.80. The molecule has 25 heavy (non-hydrogen) atoms. The van der Waals surface area contributed by atoms with Crippen molar-refractivity contribution < 1.29 is 14.7 Å². The van der Waals surface area contributed by atoms with Gasteiger partial charge in [-0.05, 0) is 38.0 Å². The maximum Gasteiger partial charge on any atom is 0.264 e. The highest BCUT2D eigenvalue weighted by Gasteiger charge is 2.50. The first-order valence-corrected chi connectivity index (χ1v) is 8.62. The van der Waals surface area contributed by atoms with E-state index < -0.39 is 11.5 Å². The number of nitrogens with zero attached hydrogens (tertiary/aromatic N) is 1. The maximum atomic E-state index is 12.9. The summed E-state index contributed by atoms with van der Waals surface area (Å²) >= 11 is 0. The Bertz CT molecular complexity index is 843. The van der Waals surface area contributed by atoms with Gasteiger partial charge < -0.3 is 10.0 Å².